The molecule has 0 heterocycles. The van der Waals surface area contributed by atoms with Crippen LogP contribution in [0.25, 0.3) is 0 Å². The minimum absolute atomic E-state index is 0.00711. The molecule has 3 saturated carbocycles. The van der Waals surface area contributed by atoms with E-state index in [1.807, 2.05) is 0 Å². The second-order valence-corrected chi connectivity index (χ2v) is 14.6. The Kier molecular flexibility index (Phi) is 9.01. The van der Waals surface area contributed by atoms with Crippen molar-refractivity contribution in [3.8, 4) is 0 Å². The van der Waals surface area contributed by atoms with Crippen LogP contribution in [0.2, 0.25) is 0 Å². The first-order valence-electron chi connectivity index (χ1n) is 15.6. The summed E-state index contributed by atoms with van der Waals surface area (Å²) in [7, 11) is 4.12. The van der Waals surface area contributed by atoms with Crippen molar-refractivity contribution in [1.82, 2.24) is 4.90 Å². The van der Waals surface area contributed by atoms with E-state index in [9.17, 15) is 4.79 Å². The molecule has 4 aliphatic carbocycles. The normalized spacial score (nSPS) is 38.8. The van der Waals surface area contributed by atoms with Crippen LogP contribution >= 0.6 is 0 Å². The summed E-state index contributed by atoms with van der Waals surface area (Å²) in [6, 6.07) is 0. The van der Waals surface area contributed by atoms with Gasteiger partial charge in [0.25, 0.3) is 0 Å². The van der Waals surface area contributed by atoms with E-state index in [1.54, 1.807) is 5.57 Å². The zero-order chi connectivity index (χ0) is 26.1. The van der Waals surface area contributed by atoms with Crippen molar-refractivity contribution in [2.45, 2.75) is 124 Å². The lowest BCUT2D eigenvalue weighted by atomic mass is 9.47. The molecule has 0 bridgehead atoms. The monoisotopic (exact) mass is 499 g/mol. The summed E-state index contributed by atoms with van der Waals surface area (Å²) in [5.41, 5.74) is 2.51. The number of carbonyl (C=O) groups is 1. The van der Waals surface area contributed by atoms with Crippen molar-refractivity contribution in [2.24, 2.45) is 46.3 Å². The quantitative estimate of drug-likeness (QED) is 0.224. The van der Waals surface area contributed by atoms with Crippen molar-refractivity contribution in [2.75, 3.05) is 20.6 Å². The third-order valence-electron chi connectivity index (χ3n) is 11.5. The number of ether oxygens (including phenoxy) is 1. The smallest absolute Gasteiger partial charge is 0.306 e. The Hall–Kier alpha value is -0.830. The Morgan fingerprint density at radius 2 is 1.81 bits per heavy atom. The molecule has 8 atom stereocenters. The fourth-order valence-corrected chi connectivity index (χ4v) is 9.54. The highest BCUT2D eigenvalue weighted by atomic mass is 16.5. The summed E-state index contributed by atoms with van der Waals surface area (Å²) in [6.07, 6.45) is 18.7. The SMILES string of the molecule is CC(C)CCCC(C)C1CCC2C3CC=C4CC(OC(=O)CCCN(C)C)CCC4(C)C3CCC12C. The predicted molar refractivity (Wildman–Crippen MR) is 151 cm³/mol. The zero-order valence-corrected chi connectivity index (χ0v) is 24.8. The average molecular weight is 500 g/mol. The lowest BCUT2D eigenvalue weighted by molar-refractivity contribution is -0.151. The Bertz CT molecular complexity index is 787. The molecule has 0 saturated heterocycles. The van der Waals surface area contributed by atoms with Crippen LogP contribution in [0.5, 0.6) is 0 Å². The molecule has 36 heavy (non-hydrogen) atoms. The van der Waals surface area contributed by atoms with E-state index in [0.29, 0.717) is 17.3 Å². The van der Waals surface area contributed by atoms with Crippen LogP contribution in [0.1, 0.15) is 118 Å². The molecule has 3 fully saturated rings. The van der Waals surface area contributed by atoms with Gasteiger partial charge in [0, 0.05) is 12.8 Å². The Balaban J connectivity index is 1.37. The average Bonchev–Trinajstić information content (AvgIpc) is 3.16. The van der Waals surface area contributed by atoms with Crippen molar-refractivity contribution >= 4 is 5.97 Å². The highest BCUT2D eigenvalue weighted by Crippen LogP contribution is 2.67. The van der Waals surface area contributed by atoms with Crippen molar-refractivity contribution < 1.29 is 9.53 Å². The van der Waals surface area contributed by atoms with E-state index in [0.717, 1.165) is 61.3 Å². The van der Waals surface area contributed by atoms with Gasteiger partial charge in [-0.3, -0.25) is 4.79 Å². The molecule has 0 aromatic rings. The Morgan fingerprint density at radius 1 is 1.03 bits per heavy atom. The number of allylic oxidation sites excluding steroid dienone is 1. The summed E-state index contributed by atoms with van der Waals surface area (Å²) in [4.78, 5) is 14.6. The van der Waals surface area contributed by atoms with Gasteiger partial charge in [0.15, 0.2) is 0 Å². The van der Waals surface area contributed by atoms with Crippen LogP contribution < -0.4 is 0 Å². The van der Waals surface area contributed by atoms with E-state index in [4.69, 9.17) is 4.74 Å². The van der Waals surface area contributed by atoms with Gasteiger partial charge in [-0.1, -0.05) is 65.5 Å². The van der Waals surface area contributed by atoms with E-state index in [1.165, 1.54) is 57.8 Å². The van der Waals surface area contributed by atoms with Crippen LogP contribution in [0.3, 0.4) is 0 Å². The first-order valence-corrected chi connectivity index (χ1v) is 15.6. The van der Waals surface area contributed by atoms with Crippen LogP contribution in [0.15, 0.2) is 11.6 Å². The molecule has 3 heteroatoms. The van der Waals surface area contributed by atoms with Crippen LogP contribution in [0.4, 0.5) is 0 Å². The fourth-order valence-electron chi connectivity index (χ4n) is 9.54. The highest BCUT2D eigenvalue weighted by Gasteiger charge is 2.59. The molecular formula is C33H57NO2. The predicted octanol–water partition coefficient (Wildman–Crippen LogP) is 8.28. The fraction of sp³-hybridized carbons (Fsp3) is 0.909. The maximum absolute atomic E-state index is 12.4. The van der Waals surface area contributed by atoms with Crippen LogP contribution in [-0.2, 0) is 9.53 Å². The second-order valence-electron chi connectivity index (χ2n) is 14.6. The van der Waals surface area contributed by atoms with E-state index in [-0.39, 0.29) is 12.1 Å². The minimum atomic E-state index is 0.00711. The standard InChI is InChI=1S/C33H57NO2/c1-23(2)10-8-11-24(3)28-15-16-29-27-14-13-25-22-26(36-31(35)12-9-21-34(6)7)17-19-32(25,4)30(27)18-20-33(28,29)5/h13,23-24,26-30H,8-12,14-22H2,1-7H3. The molecule has 0 radical (unpaired) electrons. The lowest BCUT2D eigenvalue weighted by Gasteiger charge is -2.58. The molecular weight excluding hydrogens is 442 g/mol. The third kappa shape index (κ3) is 5.76. The van der Waals surface area contributed by atoms with Gasteiger partial charge in [-0.25, -0.2) is 0 Å². The minimum Gasteiger partial charge on any atom is -0.462 e. The maximum Gasteiger partial charge on any atom is 0.306 e. The van der Waals surface area contributed by atoms with Gasteiger partial charge >= 0.3 is 5.97 Å². The van der Waals surface area contributed by atoms with Gasteiger partial charge in [0.1, 0.15) is 6.10 Å². The summed E-state index contributed by atoms with van der Waals surface area (Å²) in [5.74, 6) is 5.27. The van der Waals surface area contributed by atoms with Crippen LogP contribution in [-0.4, -0.2) is 37.6 Å². The summed E-state index contributed by atoms with van der Waals surface area (Å²) in [5, 5.41) is 0. The zero-order valence-electron chi connectivity index (χ0n) is 24.8. The van der Waals surface area contributed by atoms with Crippen molar-refractivity contribution in [1.29, 1.82) is 0 Å². The number of fused-ring (bicyclic) bond motifs is 5. The van der Waals surface area contributed by atoms with E-state index < -0.39 is 0 Å². The lowest BCUT2D eigenvalue weighted by Crippen LogP contribution is -2.51. The molecule has 8 unspecified atom stereocenters. The summed E-state index contributed by atoms with van der Waals surface area (Å²) in [6.45, 7) is 13.5. The van der Waals surface area contributed by atoms with Crippen LogP contribution in [0, 0.1) is 46.3 Å². The van der Waals surface area contributed by atoms with Gasteiger partial charge in [-0.15, -0.1) is 0 Å². The molecule has 0 aliphatic heterocycles. The van der Waals surface area contributed by atoms with Gasteiger partial charge in [-0.05, 0) is 118 Å². The first kappa shape index (κ1) is 28.2. The molecule has 4 aliphatic rings. The van der Waals surface area contributed by atoms with E-state index >= 15 is 0 Å². The third-order valence-corrected chi connectivity index (χ3v) is 11.5. The van der Waals surface area contributed by atoms with Gasteiger partial charge < -0.3 is 9.64 Å². The largest absolute Gasteiger partial charge is 0.462 e. The molecule has 0 amide bonds. The molecule has 0 aromatic heterocycles. The molecule has 3 nitrogen and oxygen atoms in total. The molecule has 0 aromatic carbocycles. The maximum atomic E-state index is 12.4. The molecule has 0 spiro atoms. The molecule has 0 N–H and O–H groups in total. The number of carbonyl (C=O) groups excluding carboxylic acids is 1. The van der Waals surface area contributed by atoms with Crippen molar-refractivity contribution in [3.63, 3.8) is 0 Å². The second kappa shape index (κ2) is 11.5. The first-order chi connectivity index (χ1) is 17.0. The Morgan fingerprint density at radius 3 is 2.53 bits per heavy atom. The number of hydrogen-bond acceptors (Lipinski definition) is 3. The number of rotatable bonds is 10. The summed E-state index contributed by atoms with van der Waals surface area (Å²) < 4.78 is 5.98. The number of nitrogens with zero attached hydrogens (tertiary/aromatic N) is 1. The van der Waals surface area contributed by atoms with Crippen molar-refractivity contribution in [3.05, 3.63) is 11.6 Å². The molecule has 206 valence electrons. The number of hydrogen-bond donors (Lipinski definition) is 0. The summed E-state index contributed by atoms with van der Waals surface area (Å²) >= 11 is 0. The van der Waals surface area contributed by atoms with E-state index in [2.05, 4.69) is 59.7 Å². The van der Waals surface area contributed by atoms with Gasteiger partial charge in [0.2, 0.25) is 0 Å². The molecule has 4 rings (SSSR count). The van der Waals surface area contributed by atoms with Gasteiger partial charge in [0.05, 0.1) is 0 Å². The highest BCUT2D eigenvalue weighted by molar-refractivity contribution is 5.69. The number of esters is 1. The topological polar surface area (TPSA) is 29.5 Å². The Labute approximate surface area is 223 Å². The van der Waals surface area contributed by atoms with Gasteiger partial charge in [-0.2, -0.15) is 0 Å².